The Bertz CT molecular complexity index is 631. The normalized spacial score (nSPS) is 13.8. The smallest absolute Gasteiger partial charge is 0.238 e. The van der Waals surface area contributed by atoms with Gasteiger partial charge in [-0.15, -0.1) is 0 Å². The predicted molar refractivity (Wildman–Crippen MR) is 84.4 cm³/mol. The summed E-state index contributed by atoms with van der Waals surface area (Å²) in [5.41, 5.74) is 1.31. The quantitative estimate of drug-likeness (QED) is 0.895. The van der Waals surface area contributed by atoms with Gasteiger partial charge in [-0.05, 0) is 36.0 Å². The fraction of sp³-hybridized carbons (Fsp3) is 0.533. The summed E-state index contributed by atoms with van der Waals surface area (Å²) >= 11 is 0. The molecule has 1 unspecified atom stereocenters. The average Bonchev–Trinajstić information content (AvgIpc) is 2.29. The molecule has 0 aromatic heterocycles. The summed E-state index contributed by atoms with van der Waals surface area (Å²) in [6.45, 7) is 10.1. The first-order valence-corrected chi connectivity index (χ1v) is 8.39. The van der Waals surface area contributed by atoms with Crippen molar-refractivity contribution in [2.24, 2.45) is 16.5 Å². The van der Waals surface area contributed by atoms with Gasteiger partial charge in [-0.1, -0.05) is 33.8 Å². The zero-order valence-electron chi connectivity index (χ0n) is 13.2. The molecule has 0 bridgehead atoms. The lowest BCUT2D eigenvalue weighted by atomic mass is 9.80. The number of hydrogen-bond acceptors (Lipinski definition) is 3. The Balaban J connectivity index is 2.91. The molecular formula is C15H24N2O3S. The van der Waals surface area contributed by atoms with Crippen LogP contribution in [0.1, 0.15) is 39.7 Å². The van der Waals surface area contributed by atoms with Crippen LogP contribution >= 0.6 is 0 Å². The van der Waals surface area contributed by atoms with Crippen molar-refractivity contribution in [1.29, 1.82) is 0 Å². The van der Waals surface area contributed by atoms with Crippen LogP contribution in [0.5, 0.6) is 0 Å². The van der Waals surface area contributed by atoms with Crippen LogP contribution in [-0.2, 0) is 14.8 Å². The highest BCUT2D eigenvalue weighted by Crippen LogP contribution is 2.28. The lowest BCUT2D eigenvalue weighted by Crippen LogP contribution is -2.24. The number of nitrogens with one attached hydrogen (secondary N) is 1. The van der Waals surface area contributed by atoms with Gasteiger partial charge in [0.15, 0.2) is 0 Å². The Morgan fingerprint density at radius 3 is 2.38 bits per heavy atom. The van der Waals surface area contributed by atoms with Gasteiger partial charge in [-0.25, -0.2) is 13.6 Å². The number of nitrogens with two attached hydrogens (primary N) is 1. The predicted octanol–water partition coefficient (Wildman–Crippen LogP) is 2.65. The van der Waals surface area contributed by atoms with Gasteiger partial charge in [-0.3, -0.25) is 4.79 Å². The van der Waals surface area contributed by atoms with Gasteiger partial charge in [-0.2, -0.15) is 0 Å². The van der Waals surface area contributed by atoms with Crippen LogP contribution in [0.3, 0.4) is 0 Å². The number of carbonyl (C=O) groups is 1. The van der Waals surface area contributed by atoms with Crippen LogP contribution in [-0.4, -0.2) is 14.3 Å². The molecule has 0 aliphatic carbocycles. The van der Waals surface area contributed by atoms with Crippen molar-refractivity contribution in [1.82, 2.24) is 0 Å². The molecule has 0 heterocycles. The number of primary sulfonamides is 1. The van der Waals surface area contributed by atoms with Crippen LogP contribution in [0.25, 0.3) is 0 Å². The van der Waals surface area contributed by atoms with Crippen molar-refractivity contribution in [3.63, 3.8) is 0 Å². The van der Waals surface area contributed by atoms with E-state index in [0.29, 0.717) is 12.1 Å². The minimum Gasteiger partial charge on any atom is -0.326 e. The van der Waals surface area contributed by atoms with Gasteiger partial charge < -0.3 is 5.32 Å². The van der Waals surface area contributed by atoms with Gasteiger partial charge in [0.05, 0.1) is 4.90 Å². The number of sulfonamides is 1. The SMILES string of the molecule is Cc1ccc(S(N)(=O)=O)cc1NC(=O)CC(C)C(C)(C)C. The van der Waals surface area contributed by atoms with E-state index >= 15 is 0 Å². The Morgan fingerprint density at radius 1 is 1.33 bits per heavy atom. The van der Waals surface area contributed by atoms with Gasteiger partial charge >= 0.3 is 0 Å². The Hall–Kier alpha value is -1.40. The standard InChI is InChI=1S/C15H24N2O3S/c1-10-6-7-12(21(16,19)20)9-13(10)17-14(18)8-11(2)15(3,4)5/h6-7,9,11H,8H2,1-5H3,(H,17,18)(H2,16,19,20). The second-order valence-electron chi connectivity index (χ2n) is 6.54. The third-order valence-corrected chi connectivity index (χ3v) is 4.69. The van der Waals surface area contributed by atoms with Crippen molar-refractivity contribution in [2.45, 2.75) is 45.9 Å². The summed E-state index contributed by atoms with van der Waals surface area (Å²) in [5.74, 6) is 0.0753. The molecule has 0 aliphatic rings. The number of aryl methyl sites for hydroxylation is 1. The molecule has 0 saturated heterocycles. The molecule has 1 rings (SSSR count). The number of amides is 1. The van der Waals surface area contributed by atoms with E-state index in [0.717, 1.165) is 5.56 Å². The van der Waals surface area contributed by atoms with Crippen molar-refractivity contribution >= 4 is 21.6 Å². The van der Waals surface area contributed by atoms with Crippen molar-refractivity contribution < 1.29 is 13.2 Å². The summed E-state index contributed by atoms with van der Waals surface area (Å²) in [6, 6.07) is 4.45. The molecule has 118 valence electrons. The second-order valence-corrected chi connectivity index (χ2v) is 8.10. The average molecular weight is 312 g/mol. The van der Waals surface area contributed by atoms with E-state index in [1.165, 1.54) is 12.1 Å². The lowest BCUT2D eigenvalue weighted by molar-refractivity contribution is -0.117. The summed E-state index contributed by atoms with van der Waals surface area (Å²) in [7, 11) is -3.78. The van der Waals surface area contributed by atoms with Crippen molar-refractivity contribution in [2.75, 3.05) is 5.32 Å². The summed E-state index contributed by atoms with van der Waals surface area (Å²) in [4.78, 5) is 12.1. The third kappa shape index (κ3) is 5.13. The second kappa shape index (κ2) is 6.15. The molecule has 3 N–H and O–H groups in total. The highest BCUT2D eigenvalue weighted by atomic mass is 32.2. The van der Waals surface area contributed by atoms with Crippen LogP contribution < -0.4 is 10.5 Å². The molecule has 1 aromatic carbocycles. The third-order valence-electron chi connectivity index (χ3n) is 3.78. The highest BCUT2D eigenvalue weighted by molar-refractivity contribution is 7.89. The highest BCUT2D eigenvalue weighted by Gasteiger charge is 2.23. The van der Waals surface area contributed by atoms with Crippen molar-refractivity contribution in [3.8, 4) is 0 Å². The van der Waals surface area contributed by atoms with E-state index in [1.807, 2.05) is 6.92 Å². The first-order valence-electron chi connectivity index (χ1n) is 6.84. The van der Waals surface area contributed by atoms with E-state index in [4.69, 9.17) is 5.14 Å². The van der Waals surface area contributed by atoms with E-state index in [2.05, 4.69) is 26.1 Å². The molecule has 0 radical (unpaired) electrons. The Kier molecular flexibility index (Phi) is 5.17. The van der Waals surface area contributed by atoms with Crippen molar-refractivity contribution in [3.05, 3.63) is 23.8 Å². The van der Waals surface area contributed by atoms with Crippen LogP contribution in [0.4, 0.5) is 5.69 Å². The summed E-state index contributed by atoms with van der Waals surface area (Å²) in [6.07, 6.45) is 0.378. The largest absolute Gasteiger partial charge is 0.326 e. The van der Waals surface area contributed by atoms with E-state index in [-0.39, 0.29) is 22.1 Å². The number of carbonyl (C=O) groups excluding carboxylic acids is 1. The molecule has 0 fully saturated rings. The maximum atomic E-state index is 12.1. The molecule has 1 atom stereocenters. The molecule has 6 heteroatoms. The molecule has 0 aliphatic heterocycles. The molecular weight excluding hydrogens is 288 g/mol. The number of benzene rings is 1. The Labute approximate surface area is 127 Å². The van der Waals surface area contributed by atoms with Gasteiger partial charge in [0, 0.05) is 12.1 Å². The first kappa shape index (κ1) is 17.7. The summed E-state index contributed by atoms with van der Waals surface area (Å²) < 4.78 is 22.7. The zero-order valence-corrected chi connectivity index (χ0v) is 14.0. The van der Waals surface area contributed by atoms with Crippen LogP contribution in [0.15, 0.2) is 23.1 Å². The number of hydrogen-bond donors (Lipinski definition) is 2. The van der Waals surface area contributed by atoms with Crippen LogP contribution in [0.2, 0.25) is 0 Å². The molecule has 1 aromatic rings. The van der Waals surface area contributed by atoms with E-state index < -0.39 is 10.0 Å². The van der Waals surface area contributed by atoms with E-state index in [1.54, 1.807) is 13.0 Å². The maximum Gasteiger partial charge on any atom is 0.238 e. The zero-order chi connectivity index (χ0) is 16.4. The van der Waals surface area contributed by atoms with Crippen LogP contribution in [0, 0.1) is 18.3 Å². The lowest BCUT2D eigenvalue weighted by Gasteiger charge is -2.26. The van der Waals surface area contributed by atoms with Gasteiger partial charge in [0.25, 0.3) is 0 Å². The summed E-state index contributed by atoms with van der Waals surface area (Å²) in [5, 5.41) is 7.87. The molecule has 5 nitrogen and oxygen atoms in total. The minimum absolute atomic E-state index is 0.00716. The first-order chi connectivity index (χ1) is 9.41. The minimum atomic E-state index is -3.78. The Morgan fingerprint density at radius 2 is 1.90 bits per heavy atom. The number of anilines is 1. The topological polar surface area (TPSA) is 89.3 Å². The molecule has 1 amide bonds. The molecule has 21 heavy (non-hydrogen) atoms. The van der Waals surface area contributed by atoms with Gasteiger partial charge in [0.1, 0.15) is 0 Å². The van der Waals surface area contributed by atoms with Gasteiger partial charge in [0.2, 0.25) is 15.9 Å². The van der Waals surface area contributed by atoms with E-state index in [9.17, 15) is 13.2 Å². The molecule has 0 saturated carbocycles. The number of rotatable bonds is 4. The fourth-order valence-corrected chi connectivity index (χ4v) is 2.24. The maximum absolute atomic E-state index is 12.1. The molecule has 0 spiro atoms. The fourth-order valence-electron chi connectivity index (χ4n) is 1.70. The monoisotopic (exact) mass is 312 g/mol.